The van der Waals surface area contributed by atoms with Gasteiger partial charge in [-0.25, -0.2) is 0 Å². The van der Waals surface area contributed by atoms with Gasteiger partial charge in [0.25, 0.3) is 0 Å². The molecule has 0 radical (unpaired) electrons. The Labute approximate surface area is 140 Å². The van der Waals surface area contributed by atoms with Crippen LogP contribution in [0.1, 0.15) is 32.8 Å². The van der Waals surface area contributed by atoms with Gasteiger partial charge in [-0.1, -0.05) is 55.5 Å². The van der Waals surface area contributed by atoms with Gasteiger partial charge in [0.05, 0.1) is 0 Å². The molecule has 2 nitrogen and oxygen atoms in total. The maximum atomic E-state index is 3.71. The van der Waals surface area contributed by atoms with E-state index in [0.717, 1.165) is 26.1 Å². The number of nitrogens with one attached hydrogen (secondary N) is 1. The van der Waals surface area contributed by atoms with Crippen LogP contribution in [0.25, 0.3) is 11.1 Å². The van der Waals surface area contributed by atoms with Crippen LogP contribution in [0, 0.1) is 0 Å². The van der Waals surface area contributed by atoms with E-state index in [2.05, 4.69) is 85.6 Å². The average molecular weight is 308 g/mol. The molecule has 0 aliphatic carbocycles. The first-order chi connectivity index (χ1) is 11.1. The maximum absolute atomic E-state index is 3.71. The number of hydrogen-bond donors (Lipinski definition) is 1. The van der Waals surface area contributed by atoms with Crippen LogP contribution in [0.4, 0.5) is 0 Å². The minimum atomic E-state index is 0.218. The molecule has 0 amide bonds. The van der Waals surface area contributed by atoms with E-state index in [9.17, 15) is 0 Å². The Morgan fingerprint density at radius 2 is 1.83 bits per heavy atom. The summed E-state index contributed by atoms with van der Waals surface area (Å²) in [7, 11) is 0. The Hall–Kier alpha value is -1.64. The van der Waals surface area contributed by atoms with Crippen molar-refractivity contribution in [3.8, 4) is 11.1 Å². The Bertz CT molecular complexity index is 637. The van der Waals surface area contributed by atoms with Gasteiger partial charge in [-0.2, -0.15) is 0 Å². The Balaban J connectivity index is 1.78. The summed E-state index contributed by atoms with van der Waals surface area (Å²) in [6.07, 6.45) is 1.16. The van der Waals surface area contributed by atoms with E-state index < -0.39 is 0 Å². The monoisotopic (exact) mass is 308 g/mol. The van der Waals surface area contributed by atoms with Gasteiger partial charge in [-0.05, 0) is 43.0 Å². The van der Waals surface area contributed by atoms with E-state index in [1.165, 1.54) is 16.7 Å². The molecule has 1 aliphatic heterocycles. The third kappa shape index (κ3) is 3.49. The highest BCUT2D eigenvalue weighted by atomic mass is 15.2. The Morgan fingerprint density at radius 1 is 1.09 bits per heavy atom. The number of hydrogen-bond acceptors (Lipinski definition) is 2. The first-order valence-corrected chi connectivity index (χ1v) is 8.76. The van der Waals surface area contributed by atoms with Crippen molar-refractivity contribution in [3.05, 3.63) is 60.2 Å². The molecule has 2 unspecified atom stereocenters. The van der Waals surface area contributed by atoms with Gasteiger partial charge in [-0.15, -0.1) is 0 Å². The van der Waals surface area contributed by atoms with E-state index in [1.54, 1.807) is 0 Å². The van der Waals surface area contributed by atoms with Crippen LogP contribution in [0.3, 0.4) is 0 Å². The van der Waals surface area contributed by atoms with Crippen molar-refractivity contribution in [2.24, 2.45) is 0 Å². The topological polar surface area (TPSA) is 15.3 Å². The fourth-order valence-electron chi connectivity index (χ4n) is 3.58. The summed E-state index contributed by atoms with van der Waals surface area (Å²) in [5.41, 5.74) is 4.22. The second kappa shape index (κ2) is 6.86. The van der Waals surface area contributed by atoms with Gasteiger partial charge >= 0.3 is 0 Å². The zero-order chi connectivity index (χ0) is 16.3. The van der Waals surface area contributed by atoms with Crippen molar-refractivity contribution < 1.29 is 0 Å². The minimum Gasteiger partial charge on any atom is -0.309 e. The average Bonchev–Trinajstić information content (AvgIpc) is 2.60. The lowest BCUT2D eigenvalue weighted by Gasteiger charge is -2.47. The van der Waals surface area contributed by atoms with E-state index in [-0.39, 0.29) is 5.54 Å². The fraction of sp³-hybridized carbons (Fsp3) is 0.429. The summed E-state index contributed by atoms with van der Waals surface area (Å²) in [6.45, 7) is 10.2. The quantitative estimate of drug-likeness (QED) is 0.905. The van der Waals surface area contributed by atoms with Crippen LogP contribution in [0.2, 0.25) is 0 Å². The van der Waals surface area contributed by atoms with Crippen molar-refractivity contribution in [1.29, 1.82) is 0 Å². The molecule has 1 fully saturated rings. The lowest BCUT2D eigenvalue weighted by atomic mass is 9.87. The van der Waals surface area contributed by atoms with Crippen molar-refractivity contribution >= 4 is 0 Å². The van der Waals surface area contributed by atoms with Gasteiger partial charge in [0, 0.05) is 31.2 Å². The summed E-state index contributed by atoms with van der Waals surface area (Å²) in [5, 5.41) is 3.71. The van der Waals surface area contributed by atoms with Crippen LogP contribution < -0.4 is 5.32 Å². The molecule has 23 heavy (non-hydrogen) atoms. The maximum Gasteiger partial charge on any atom is 0.0304 e. The van der Waals surface area contributed by atoms with E-state index in [0.29, 0.717) is 6.04 Å². The molecule has 0 bridgehead atoms. The molecular weight excluding hydrogens is 280 g/mol. The lowest BCUT2D eigenvalue weighted by molar-refractivity contribution is 0.0672. The number of rotatable bonds is 4. The van der Waals surface area contributed by atoms with Crippen molar-refractivity contribution in [1.82, 2.24) is 10.2 Å². The zero-order valence-corrected chi connectivity index (χ0v) is 14.5. The molecule has 1 aliphatic rings. The van der Waals surface area contributed by atoms with Crippen LogP contribution in [0.15, 0.2) is 54.6 Å². The third-order valence-electron chi connectivity index (χ3n) is 5.55. The highest BCUT2D eigenvalue weighted by molar-refractivity contribution is 5.63. The lowest BCUT2D eigenvalue weighted by Crippen LogP contribution is -2.63. The van der Waals surface area contributed by atoms with E-state index in [4.69, 9.17) is 0 Å². The van der Waals surface area contributed by atoms with Gasteiger partial charge in [0.1, 0.15) is 0 Å². The molecule has 0 spiro atoms. The first-order valence-electron chi connectivity index (χ1n) is 8.76. The molecule has 1 N–H and O–H groups in total. The van der Waals surface area contributed by atoms with Crippen LogP contribution in [-0.2, 0) is 6.54 Å². The summed E-state index contributed by atoms with van der Waals surface area (Å²) < 4.78 is 0. The minimum absolute atomic E-state index is 0.218. The van der Waals surface area contributed by atoms with E-state index in [1.807, 2.05) is 0 Å². The van der Waals surface area contributed by atoms with Crippen molar-refractivity contribution in [3.63, 3.8) is 0 Å². The smallest absolute Gasteiger partial charge is 0.0304 e. The summed E-state index contributed by atoms with van der Waals surface area (Å²) in [6, 6.07) is 20.2. The molecule has 3 rings (SSSR count). The van der Waals surface area contributed by atoms with Crippen LogP contribution in [-0.4, -0.2) is 29.6 Å². The molecule has 2 aromatic rings. The second-order valence-electron chi connectivity index (χ2n) is 6.91. The van der Waals surface area contributed by atoms with Gasteiger partial charge in [0.15, 0.2) is 0 Å². The summed E-state index contributed by atoms with van der Waals surface area (Å²) in [5.74, 6) is 0. The molecular formula is C21H28N2. The van der Waals surface area contributed by atoms with Crippen molar-refractivity contribution in [2.45, 2.75) is 45.3 Å². The number of benzene rings is 2. The highest BCUT2D eigenvalue weighted by Gasteiger charge is 2.36. The van der Waals surface area contributed by atoms with Gasteiger partial charge < -0.3 is 5.32 Å². The predicted molar refractivity (Wildman–Crippen MR) is 98.4 cm³/mol. The molecule has 2 heteroatoms. The predicted octanol–water partition coefficient (Wildman–Crippen LogP) is 4.32. The molecule has 122 valence electrons. The highest BCUT2D eigenvalue weighted by Crippen LogP contribution is 2.26. The zero-order valence-electron chi connectivity index (χ0n) is 14.5. The first kappa shape index (κ1) is 16.2. The van der Waals surface area contributed by atoms with Crippen molar-refractivity contribution in [2.75, 3.05) is 13.1 Å². The van der Waals surface area contributed by atoms with Crippen LogP contribution in [0.5, 0.6) is 0 Å². The van der Waals surface area contributed by atoms with Crippen LogP contribution >= 0.6 is 0 Å². The molecule has 1 saturated heterocycles. The molecule has 2 aromatic carbocycles. The van der Waals surface area contributed by atoms with E-state index >= 15 is 0 Å². The fourth-order valence-corrected chi connectivity index (χ4v) is 3.58. The SMILES string of the molecule is CCC1(C)NCCN(Cc2cccc(-c3ccccc3)c2)C1C. The number of nitrogens with zero attached hydrogens (tertiary/aromatic N) is 1. The largest absolute Gasteiger partial charge is 0.309 e. The number of piperazine rings is 1. The summed E-state index contributed by atoms with van der Waals surface area (Å²) in [4.78, 5) is 2.62. The normalized spacial score (nSPS) is 25.4. The molecule has 1 heterocycles. The second-order valence-corrected chi connectivity index (χ2v) is 6.91. The summed E-state index contributed by atoms with van der Waals surface area (Å²) >= 11 is 0. The molecule has 0 saturated carbocycles. The van der Waals surface area contributed by atoms with Gasteiger partial charge in [0.2, 0.25) is 0 Å². The third-order valence-corrected chi connectivity index (χ3v) is 5.55. The molecule has 0 aromatic heterocycles. The Morgan fingerprint density at radius 3 is 2.57 bits per heavy atom. The van der Waals surface area contributed by atoms with Gasteiger partial charge in [-0.3, -0.25) is 4.90 Å². The Kier molecular flexibility index (Phi) is 4.84. The standard InChI is InChI=1S/C21H28N2/c1-4-21(3)17(2)23(14-13-22-21)16-18-9-8-12-20(15-18)19-10-6-5-7-11-19/h5-12,15,17,22H,4,13-14,16H2,1-3H3. The molecule has 2 atom stereocenters.